The van der Waals surface area contributed by atoms with Crippen molar-refractivity contribution in [2.24, 2.45) is 5.92 Å². The maximum Gasteiger partial charge on any atom is 0.134 e. The van der Waals surface area contributed by atoms with Gasteiger partial charge in [-0.3, -0.25) is 9.69 Å². The SMILES string of the molecule is CC(=O)C1CCCN(Cc2cc(F)ccc2C)C1. The summed E-state index contributed by atoms with van der Waals surface area (Å²) in [7, 11) is 0. The van der Waals surface area contributed by atoms with Crippen LogP contribution in [0, 0.1) is 18.7 Å². The van der Waals surface area contributed by atoms with Crippen LogP contribution in [0.15, 0.2) is 18.2 Å². The van der Waals surface area contributed by atoms with Crippen LogP contribution >= 0.6 is 0 Å². The number of rotatable bonds is 3. The molecule has 1 aliphatic rings. The molecular weight excluding hydrogens is 229 g/mol. The molecule has 1 saturated heterocycles. The van der Waals surface area contributed by atoms with E-state index in [9.17, 15) is 9.18 Å². The van der Waals surface area contributed by atoms with E-state index in [0.29, 0.717) is 0 Å². The van der Waals surface area contributed by atoms with E-state index in [1.807, 2.05) is 13.0 Å². The van der Waals surface area contributed by atoms with Crippen molar-refractivity contribution in [3.63, 3.8) is 0 Å². The number of halogens is 1. The average molecular weight is 249 g/mol. The molecular formula is C15H20FNO. The Morgan fingerprint density at radius 1 is 1.50 bits per heavy atom. The molecule has 0 aliphatic carbocycles. The van der Waals surface area contributed by atoms with Gasteiger partial charge in [0.2, 0.25) is 0 Å². The van der Waals surface area contributed by atoms with Crippen molar-refractivity contribution in [3.05, 3.63) is 35.1 Å². The van der Waals surface area contributed by atoms with Crippen molar-refractivity contribution in [2.75, 3.05) is 13.1 Å². The molecule has 0 saturated carbocycles. The summed E-state index contributed by atoms with van der Waals surface area (Å²) in [5.41, 5.74) is 2.14. The molecule has 1 fully saturated rings. The first-order chi connectivity index (χ1) is 8.56. The van der Waals surface area contributed by atoms with Crippen molar-refractivity contribution < 1.29 is 9.18 Å². The number of nitrogens with zero attached hydrogens (tertiary/aromatic N) is 1. The molecule has 1 heterocycles. The highest BCUT2D eigenvalue weighted by atomic mass is 19.1. The number of likely N-dealkylation sites (tertiary alicyclic amines) is 1. The fourth-order valence-electron chi connectivity index (χ4n) is 2.58. The van der Waals surface area contributed by atoms with Crippen LogP contribution in [0.4, 0.5) is 4.39 Å². The summed E-state index contributed by atoms with van der Waals surface area (Å²) in [5.74, 6) is 0.249. The number of carbonyl (C=O) groups is 1. The van der Waals surface area contributed by atoms with E-state index in [2.05, 4.69) is 4.90 Å². The van der Waals surface area contributed by atoms with Crippen molar-refractivity contribution >= 4 is 5.78 Å². The molecule has 1 unspecified atom stereocenters. The normalized spacial score (nSPS) is 20.9. The van der Waals surface area contributed by atoms with Gasteiger partial charge in [0.05, 0.1) is 0 Å². The number of hydrogen-bond acceptors (Lipinski definition) is 2. The Balaban J connectivity index is 2.04. The van der Waals surface area contributed by atoms with Gasteiger partial charge in [0.25, 0.3) is 0 Å². The van der Waals surface area contributed by atoms with Gasteiger partial charge < -0.3 is 0 Å². The molecule has 18 heavy (non-hydrogen) atoms. The van der Waals surface area contributed by atoms with E-state index in [4.69, 9.17) is 0 Å². The summed E-state index contributed by atoms with van der Waals surface area (Å²) in [5, 5.41) is 0. The first-order valence-electron chi connectivity index (χ1n) is 6.54. The van der Waals surface area contributed by atoms with Crippen LogP contribution in [0.2, 0.25) is 0 Å². The van der Waals surface area contributed by atoms with Crippen LogP contribution < -0.4 is 0 Å². The van der Waals surface area contributed by atoms with E-state index in [1.165, 1.54) is 6.07 Å². The highest BCUT2D eigenvalue weighted by Gasteiger charge is 2.23. The number of aryl methyl sites for hydroxylation is 1. The predicted molar refractivity (Wildman–Crippen MR) is 69.8 cm³/mol. The number of benzene rings is 1. The smallest absolute Gasteiger partial charge is 0.134 e. The summed E-state index contributed by atoms with van der Waals surface area (Å²) < 4.78 is 13.2. The quantitative estimate of drug-likeness (QED) is 0.821. The minimum atomic E-state index is -0.185. The first-order valence-corrected chi connectivity index (χ1v) is 6.54. The Bertz CT molecular complexity index is 444. The molecule has 1 aliphatic heterocycles. The molecule has 0 bridgehead atoms. The van der Waals surface area contributed by atoms with Crippen molar-refractivity contribution in [3.8, 4) is 0 Å². The molecule has 98 valence electrons. The molecule has 0 radical (unpaired) electrons. The average Bonchev–Trinajstić information content (AvgIpc) is 2.34. The van der Waals surface area contributed by atoms with Crippen molar-refractivity contribution in [2.45, 2.75) is 33.2 Å². The summed E-state index contributed by atoms with van der Waals surface area (Å²) in [6.07, 6.45) is 2.05. The lowest BCUT2D eigenvalue weighted by Gasteiger charge is -2.31. The topological polar surface area (TPSA) is 20.3 Å². The lowest BCUT2D eigenvalue weighted by atomic mass is 9.94. The standard InChI is InChI=1S/C15H20FNO/c1-11-5-6-15(16)8-14(11)10-17-7-3-4-13(9-17)12(2)18/h5-6,8,13H,3-4,7,9-10H2,1-2H3. The van der Waals surface area contributed by atoms with Crippen LogP contribution in [0.25, 0.3) is 0 Å². The third-order valence-corrected chi connectivity index (χ3v) is 3.79. The number of Topliss-reactive ketones (excluding diaryl/α,β-unsaturated/α-hetero) is 1. The fourth-order valence-corrected chi connectivity index (χ4v) is 2.58. The second-order valence-corrected chi connectivity index (χ2v) is 5.26. The summed E-state index contributed by atoms with van der Waals surface area (Å²) in [4.78, 5) is 13.7. The molecule has 2 nitrogen and oxygen atoms in total. The maximum atomic E-state index is 13.2. The maximum absolute atomic E-state index is 13.2. The van der Waals surface area contributed by atoms with Gasteiger partial charge in [-0.05, 0) is 56.5 Å². The van der Waals surface area contributed by atoms with Gasteiger partial charge in [-0.15, -0.1) is 0 Å². The molecule has 1 aromatic rings. The number of carbonyl (C=O) groups excluding carboxylic acids is 1. The monoisotopic (exact) mass is 249 g/mol. The second kappa shape index (κ2) is 5.61. The van der Waals surface area contributed by atoms with Crippen molar-refractivity contribution in [1.82, 2.24) is 4.90 Å². The summed E-state index contributed by atoms with van der Waals surface area (Å²) in [6, 6.07) is 4.91. The third kappa shape index (κ3) is 3.16. The lowest BCUT2D eigenvalue weighted by Crippen LogP contribution is -2.37. The van der Waals surface area contributed by atoms with Gasteiger partial charge in [0, 0.05) is 19.0 Å². The molecule has 1 aromatic carbocycles. The van der Waals surface area contributed by atoms with Gasteiger partial charge in [-0.25, -0.2) is 4.39 Å². The Morgan fingerprint density at radius 2 is 2.28 bits per heavy atom. The number of piperidine rings is 1. The van der Waals surface area contributed by atoms with E-state index in [1.54, 1.807) is 13.0 Å². The van der Waals surface area contributed by atoms with Gasteiger partial charge in [-0.1, -0.05) is 6.07 Å². The largest absolute Gasteiger partial charge is 0.300 e. The van der Waals surface area contributed by atoms with Crippen LogP contribution in [-0.2, 0) is 11.3 Å². The second-order valence-electron chi connectivity index (χ2n) is 5.26. The number of hydrogen-bond donors (Lipinski definition) is 0. The predicted octanol–water partition coefficient (Wildman–Crippen LogP) is 2.94. The minimum absolute atomic E-state index is 0.160. The van der Waals surface area contributed by atoms with Crippen LogP contribution in [0.5, 0.6) is 0 Å². The molecule has 0 amide bonds. The van der Waals surface area contributed by atoms with Crippen molar-refractivity contribution in [1.29, 1.82) is 0 Å². The van der Waals surface area contributed by atoms with Gasteiger partial charge in [-0.2, -0.15) is 0 Å². The van der Waals surface area contributed by atoms with Crippen LogP contribution in [0.1, 0.15) is 30.9 Å². The zero-order valence-electron chi connectivity index (χ0n) is 11.1. The lowest BCUT2D eigenvalue weighted by molar-refractivity contribution is -0.122. The van der Waals surface area contributed by atoms with Crippen LogP contribution in [-0.4, -0.2) is 23.8 Å². The van der Waals surface area contributed by atoms with Gasteiger partial charge >= 0.3 is 0 Å². The van der Waals surface area contributed by atoms with E-state index in [-0.39, 0.29) is 17.5 Å². The Hall–Kier alpha value is -1.22. The highest BCUT2D eigenvalue weighted by Crippen LogP contribution is 2.20. The first kappa shape index (κ1) is 13.2. The molecule has 0 aromatic heterocycles. The van der Waals surface area contributed by atoms with E-state index in [0.717, 1.165) is 43.6 Å². The zero-order valence-corrected chi connectivity index (χ0v) is 11.1. The number of ketones is 1. The highest BCUT2D eigenvalue weighted by molar-refractivity contribution is 5.78. The third-order valence-electron chi connectivity index (χ3n) is 3.79. The fraction of sp³-hybridized carbons (Fsp3) is 0.533. The van der Waals surface area contributed by atoms with E-state index >= 15 is 0 Å². The zero-order chi connectivity index (χ0) is 13.1. The summed E-state index contributed by atoms with van der Waals surface area (Å²) in [6.45, 7) is 6.22. The van der Waals surface area contributed by atoms with Gasteiger partial charge in [0.1, 0.15) is 11.6 Å². The molecule has 0 spiro atoms. The molecule has 3 heteroatoms. The van der Waals surface area contributed by atoms with Crippen LogP contribution in [0.3, 0.4) is 0 Å². The Kier molecular flexibility index (Phi) is 4.12. The molecule has 1 atom stereocenters. The minimum Gasteiger partial charge on any atom is -0.300 e. The molecule has 2 rings (SSSR count). The van der Waals surface area contributed by atoms with Gasteiger partial charge in [0.15, 0.2) is 0 Å². The summed E-state index contributed by atoms with van der Waals surface area (Å²) >= 11 is 0. The Labute approximate surface area is 108 Å². The molecule has 0 N–H and O–H groups in total. The Morgan fingerprint density at radius 3 is 3.00 bits per heavy atom. The van der Waals surface area contributed by atoms with E-state index < -0.39 is 0 Å².